The van der Waals surface area contributed by atoms with Gasteiger partial charge in [-0.3, -0.25) is 9.59 Å². The predicted octanol–water partition coefficient (Wildman–Crippen LogP) is 2.34. The van der Waals surface area contributed by atoms with Crippen LogP contribution in [0.15, 0.2) is 24.3 Å². The van der Waals surface area contributed by atoms with E-state index in [1.54, 1.807) is 24.0 Å². The van der Waals surface area contributed by atoms with Gasteiger partial charge in [-0.25, -0.2) is 4.39 Å². The van der Waals surface area contributed by atoms with E-state index in [-0.39, 0.29) is 24.7 Å². The number of aliphatic carboxylic acids is 1. The Bertz CT molecular complexity index is 504. The summed E-state index contributed by atoms with van der Waals surface area (Å²) in [5, 5.41) is 9.04. The van der Waals surface area contributed by atoms with E-state index >= 15 is 0 Å². The molecule has 0 aliphatic carbocycles. The van der Waals surface area contributed by atoms with Crippen LogP contribution in [0.25, 0.3) is 0 Å². The molecule has 0 spiro atoms. The predicted molar refractivity (Wildman–Crippen MR) is 84.6 cm³/mol. The van der Waals surface area contributed by atoms with Crippen LogP contribution in [0, 0.1) is 11.7 Å². The number of hydrogen-bond donors (Lipinski definition) is 1. The van der Waals surface area contributed by atoms with Gasteiger partial charge in [-0.15, -0.1) is 0 Å². The molecule has 0 saturated heterocycles. The minimum absolute atomic E-state index is 0.126. The topological polar surface area (TPSA) is 66.8 Å². The minimum atomic E-state index is -0.936. The van der Waals surface area contributed by atoms with E-state index in [1.807, 2.05) is 6.92 Å². The number of carboxylic acid groups (broad SMARTS) is 1. The van der Waals surface area contributed by atoms with Gasteiger partial charge in [0.1, 0.15) is 5.82 Å². The van der Waals surface area contributed by atoms with Crippen molar-refractivity contribution < 1.29 is 23.8 Å². The molecular formula is C17H24FNO4. The number of carbonyl (C=O) groups excluding carboxylic acids is 1. The van der Waals surface area contributed by atoms with Gasteiger partial charge in [-0.05, 0) is 31.0 Å². The molecule has 1 amide bonds. The summed E-state index contributed by atoms with van der Waals surface area (Å²) in [5.74, 6) is -2.09. The normalized spacial score (nSPS) is 12.0. The monoisotopic (exact) mass is 325 g/mol. The standard InChI is InChI=1S/C17H24FNO4/c1-3-23-10-4-9-19(12-13(2)17(21)22)16(20)11-14-5-7-15(18)8-6-14/h5-8,13H,3-4,9-12H2,1-2H3,(H,21,22). The Hall–Kier alpha value is -1.95. The van der Waals surface area contributed by atoms with Crippen molar-refractivity contribution in [2.45, 2.75) is 26.7 Å². The summed E-state index contributed by atoms with van der Waals surface area (Å²) in [5.41, 5.74) is 0.703. The molecule has 23 heavy (non-hydrogen) atoms. The zero-order chi connectivity index (χ0) is 17.2. The van der Waals surface area contributed by atoms with Crippen LogP contribution in [0.2, 0.25) is 0 Å². The zero-order valence-corrected chi connectivity index (χ0v) is 13.6. The number of carbonyl (C=O) groups is 2. The van der Waals surface area contributed by atoms with Crippen molar-refractivity contribution in [3.8, 4) is 0 Å². The third-order valence-corrected chi connectivity index (χ3v) is 3.46. The fourth-order valence-corrected chi connectivity index (χ4v) is 2.12. The number of benzene rings is 1. The lowest BCUT2D eigenvalue weighted by Gasteiger charge is -2.24. The molecule has 0 aliphatic rings. The number of ether oxygens (including phenoxy) is 1. The average molecular weight is 325 g/mol. The first-order valence-corrected chi connectivity index (χ1v) is 7.76. The van der Waals surface area contributed by atoms with Gasteiger partial charge in [0.2, 0.25) is 5.91 Å². The summed E-state index contributed by atoms with van der Waals surface area (Å²) in [4.78, 5) is 25.0. The van der Waals surface area contributed by atoms with Gasteiger partial charge in [0, 0.05) is 26.3 Å². The molecule has 0 aliphatic heterocycles. The summed E-state index contributed by atoms with van der Waals surface area (Å²) >= 11 is 0. The molecule has 1 atom stereocenters. The lowest BCUT2D eigenvalue weighted by molar-refractivity contribution is -0.143. The minimum Gasteiger partial charge on any atom is -0.481 e. The van der Waals surface area contributed by atoms with Crippen molar-refractivity contribution in [2.75, 3.05) is 26.3 Å². The van der Waals surface area contributed by atoms with E-state index in [0.29, 0.717) is 31.7 Å². The summed E-state index contributed by atoms with van der Waals surface area (Å²) in [6.45, 7) is 5.19. The molecule has 1 rings (SSSR count). The number of nitrogens with zero attached hydrogens (tertiary/aromatic N) is 1. The first kappa shape index (κ1) is 19.1. The quantitative estimate of drug-likeness (QED) is 0.671. The molecule has 1 unspecified atom stereocenters. The third kappa shape index (κ3) is 7.23. The number of carboxylic acids is 1. The molecule has 0 fully saturated rings. The molecular weight excluding hydrogens is 301 g/mol. The van der Waals surface area contributed by atoms with Crippen molar-refractivity contribution in [3.05, 3.63) is 35.6 Å². The van der Waals surface area contributed by atoms with E-state index in [2.05, 4.69) is 0 Å². The SMILES string of the molecule is CCOCCCN(CC(C)C(=O)O)C(=O)Cc1ccc(F)cc1. The van der Waals surface area contributed by atoms with E-state index in [9.17, 15) is 14.0 Å². The second-order valence-corrected chi connectivity index (χ2v) is 5.43. The lowest BCUT2D eigenvalue weighted by Crippen LogP contribution is -2.38. The molecule has 1 aromatic rings. The molecule has 0 radical (unpaired) electrons. The van der Waals surface area contributed by atoms with Gasteiger partial charge in [0.25, 0.3) is 0 Å². The van der Waals surface area contributed by atoms with Crippen molar-refractivity contribution in [2.24, 2.45) is 5.92 Å². The molecule has 1 N–H and O–H groups in total. The fourth-order valence-electron chi connectivity index (χ4n) is 2.12. The van der Waals surface area contributed by atoms with Gasteiger partial charge in [0.05, 0.1) is 12.3 Å². The number of amides is 1. The summed E-state index contributed by atoms with van der Waals surface area (Å²) in [7, 11) is 0. The van der Waals surface area contributed by atoms with Crippen LogP contribution >= 0.6 is 0 Å². The Morgan fingerprint density at radius 3 is 2.52 bits per heavy atom. The van der Waals surface area contributed by atoms with Crippen molar-refractivity contribution in [3.63, 3.8) is 0 Å². The summed E-state index contributed by atoms with van der Waals surface area (Å²) in [6.07, 6.45) is 0.774. The van der Waals surface area contributed by atoms with E-state index in [4.69, 9.17) is 9.84 Å². The van der Waals surface area contributed by atoms with E-state index in [1.165, 1.54) is 12.1 Å². The number of halogens is 1. The fraction of sp³-hybridized carbons (Fsp3) is 0.529. The maximum Gasteiger partial charge on any atom is 0.308 e. The average Bonchev–Trinajstić information content (AvgIpc) is 2.52. The zero-order valence-electron chi connectivity index (χ0n) is 13.6. The highest BCUT2D eigenvalue weighted by Gasteiger charge is 2.20. The summed E-state index contributed by atoms with van der Waals surface area (Å²) < 4.78 is 18.2. The largest absolute Gasteiger partial charge is 0.481 e. The van der Waals surface area contributed by atoms with E-state index in [0.717, 1.165) is 0 Å². The Labute approximate surface area is 136 Å². The Balaban J connectivity index is 2.65. The number of hydrogen-bond acceptors (Lipinski definition) is 3. The van der Waals surface area contributed by atoms with Crippen LogP contribution in [0.5, 0.6) is 0 Å². The number of rotatable bonds is 10. The third-order valence-electron chi connectivity index (χ3n) is 3.46. The van der Waals surface area contributed by atoms with Gasteiger partial charge in [0.15, 0.2) is 0 Å². The highest BCUT2D eigenvalue weighted by molar-refractivity contribution is 5.79. The van der Waals surface area contributed by atoms with Gasteiger partial charge in [-0.1, -0.05) is 19.1 Å². The first-order chi connectivity index (χ1) is 10.9. The first-order valence-electron chi connectivity index (χ1n) is 7.76. The molecule has 0 aromatic heterocycles. The van der Waals surface area contributed by atoms with Crippen LogP contribution < -0.4 is 0 Å². The lowest BCUT2D eigenvalue weighted by atomic mass is 10.1. The van der Waals surface area contributed by atoms with Crippen LogP contribution in [-0.4, -0.2) is 48.2 Å². The van der Waals surface area contributed by atoms with Crippen molar-refractivity contribution in [1.82, 2.24) is 4.90 Å². The smallest absolute Gasteiger partial charge is 0.308 e. The Morgan fingerprint density at radius 2 is 1.96 bits per heavy atom. The van der Waals surface area contributed by atoms with Crippen LogP contribution in [0.3, 0.4) is 0 Å². The second kappa shape index (κ2) is 9.94. The molecule has 128 valence electrons. The van der Waals surface area contributed by atoms with Gasteiger partial charge >= 0.3 is 5.97 Å². The van der Waals surface area contributed by atoms with E-state index < -0.39 is 11.9 Å². The molecule has 0 saturated carbocycles. The van der Waals surface area contributed by atoms with Crippen LogP contribution in [-0.2, 0) is 20.7 Å². The molecule has 5 nitrogen and oxygen atoms in total. The van der Waals surface area contributed by atoms with Crippen LogP contribution in [0.1, 0.15) is 25.8 Å². The highest BCUT2D eigenvalue weighted by atomic mass is 19.1. The molecule has 0 bridgehead atoms. The maximum atomic E-state index is 12.9. The maximum absolute atomic E-state index is 12.9. The van der Waals surface area contributed by atoms with Crippen molar-refractivity contribution in [1.29, 1.82) is 0 Å². The summed E-state index contributed by atoms with van der Waals surface area (Å²) in [6, 6.07) is 5.74. The van der Waals surface area contributed by atoms with Gasteiger partial charge in [-0.2, -0.15) is 0 Å². The Kier molecular flexibility index (Phi) is 8.26. The van der Waals surface area contributed by atoms with Gasteiger partial charge < -0.3 is 14.7 Å². The Morgan fingerprint density at radius 1 is 1.30 bits per heavy atom. The highest BCUT2D eigenvalue weighted by Crippen LogP contribution is 2.09. The van der Waals surface area contributed by atoms with Crippen molar-refractivity contribution >= 4 is 11.9 Å². The van der Waals surface area contributed by atoms with Crippen LogP contribution in [0.4, 0.5) is 4.39 Å². The molecule has 0 heterocycles. The molecule has 6 heteroatoms. The molecule has 1 aromatic carbocycles. The second-order valence-electron chi connectivity index (χ2n) is 5.43.